The summed E-state index contributed by atoms with van der Waals surface area (Å²) in [6.07, 6.45) is -0.243. The minimum absolute atomic E-state index is 0.243. The Bertz CT molecular complexity index is 343. The van der Waals surface area contributed by atoms with Gasteiger partial charge in [0.1, 0.15) is 0 Å². The second-order valence-corrected chi connectivity index (χ2v) is 2.60. The van der Waals surface area contributed by atoms with Gasteiger partial charge in [0.15, 0.2) is 6.17 Å². The van der Waals surface area contributed by atoms with Gasteiger partial charge in [-0.2, -0.15) is 5.11 Å². The lowest BCUT2D eigenvalue weighted by atomic mass is 10.2. The van der Waals surface area contributed by atoms with Gasteiger partial charge in [0.05, 0.1) is 0 Å². The standard InChI is InChI=1S/C8H9N5/c9-11-8-10-7(12-13-8)6-4-2-1-3-5-6/h1-5,7H,9H2,(H,10,11). The van der Waals surface area contributed by atoms with Gasteiger partial charge in [0, 0.05) is 5.56 Å². The quantitative estimate of drug-likeness (QED) is 0.493. The molecule has 2 rings (SSSR count). The molecule has 1 aliphatic rings. The third-order valence-corrected chi connectivity index (χ3v) is 1.73. The first-order chi connectivity index (χ1) is 6.40. The maximum Gasteiger partial charge on any atom is 0.254 e. The predicted molar refractivity (Wildman–Crippen MR) is 48.8 cm³/mol. The third-order valence-electron chi connectivity index (χ3n) is 1.73. The predicted octanol–water partition coefficient (Wildman–Crippen LogP) is 0.970. The molecule has 1 aromatic rings. The first kappa shape index (κ1) is 7.88. The van der Waals surface area contributed by atoms with E-state index in [1.807, 2.05) is 30.3 Å². The van der Waals surface area contributed by atoms with Gasteiger partial charge in [-0.3, -0.25) is 5.43 Å². The maximum absolute atomic E-state index is 5.14. The Morgan fingerprint density at radius 3 is 2.62 bits per heavy atom. The number of aliphatic imine (C=N–C) groups is 1. The summed E-state index contributed by atoms with van der Waals surface area (Å²) in [5.41, 5.74) is 3.36. The second-order valence-electron chi connectivity index (χ2n) is 2.60. The molecule has 1 aliphatic heterocycles. The van der Waals surface area contributed by atoms with Crippen molar-refractivity contribution in [1.29, 1.82) is 0 Å². The zero-order valence-electron chi connectivity index (χ0n) is 6.88. The lowest BCUT2D eigenvalue weighted by Gasteiger charge is -2.00. The summed E-state index contributed by atoms with van der Waals surface area (Å²) in [5.74, 6) is 5.51. The number of nitrogens with zero attached hydrogens (tertiary/aromatic N) is 3. The van der Waals surface area contributed by atoms with E-state index in [0.717, 1.165) is 5.56 Å². The topological polar surface area (TPSA) is 75.1 Å². The van der Waals surface area contributed by atoms with Gasteiger partial charge >= 0.3 is 0 Å². The molecule has 0 aliphatic carbocycles. The van der Waals surface area contributed by atoms with Crippen LogP contribution in [0.25, 0.3) is 0 Å². The van der Waals surface area contributed by atoms with Crippen LogP contribution in [-0.4, -0.2) is 5.96 Å². The molecular weight excluding hydrogens is 166 g/mol. The van der Waals surface area contributed by atoms with E-state index < -0.39 is 0 Å². The lowest BCUT2D eigenvalue weighted by Crippen LogP contribution is -2.27. The summed E-state index contributed by atoms with van der Waals surface area (Å²) in [5, 5.41) is 7.69. The molecule has 0 spiro atoms. The molecule has 66 valence electrons. The van der Waals surface area contributed by atoms with E-state index in [-0.39, 0.29) is 6.17 Å². The van der Waals surface area contributed by atoms with Crippen molar-refractivity contribution in [3.63, 3.8) is 0 Å². The summed E-state index contributed by atoms with van der Waals surface area (Å²) < 4.78 is 0. The van der Waals surface area contributed by atoms with Crippen LogP contribution in [0.4, 0.5) is 0 Å². The molecule has 5 heteroatoms. The van der Waals surface area contributed by atoms with E-state index in [9.17, 15) is 0 Å². The van der Waals surface area contributed by atoms with E-state index >= 15 is 0 Å². The molecule has 0 radical (unpaired) electrons. The van der Waals surface area contributed by atoms with Gasteiger partial charge in [-0.1, -0.05) is 30.3 Å². The van der Waals surface area contributed by atoms with Gasteiger partial charge in [-0.25, -0.2) is 10.8 Å². The Morgan fingerprint density at radius 2 is 2.00 bits per heavy atom. The van der Waals surface area contributed by atoms with Crippen LogP contribution in [0.15, 0.2) is 45.6 Å². The molecule has 0 bridgehead atoms. The van der Waals surface area contributed by atoms with E-state index in [1.165, 1.54) is 0 Å². The molecule has 5 nitrogen and oxygen atoms in total. The van der Waals surface area contributed by atoms with Crippen molar-refractivity contribution in [3.8, 4) is 0 Å². The fourth-order valence-electron chi connectivity index (χ4n) is 1.11. The van der Waals surface area contributed by atoms with E-state index in [0.29, 0.717) is 5.96 Å². The molecule has 0 amide bonds. The molecule has 0 fully saturated rings. The Morgan fingerprint density at radius 1 is 1.23 bits per heavy atom. The molecule has 3 N–H and O–H groups in total. The third kappa shape index (κ3) is 1.54. The van der Waals surface area contributed by atoms with Crippen molar-refractivity contribution >= 4 is 5.96 Å². The lowest BCUT2D eigenvalue weighted by molar-refractivity contribution is 0.771. The number of hydrogen-bond acceptors (Lipinski definition) is 5. The van der Waals surface area contributed by atoms with Crippen LogP contribution in [0.5, 0.6) is 0 Å². The van der Waals surface area contributed by atoms with Crippen LogP contribution in [-0.2, 0) is 0 Å². The van der Waals surface area contributed by atoms with E-state index in [1.54, 1.807) is 0 Å². The number of azo groups is 1. The number of rotatable bonds is 1. The highest BCUT2D eigenvalue weighted by Gasteiger charge is 2.14. The van der Waals surface area contributed by atoms with Crippen LogP contribution >= 0.6 is 0 Å². The molecular formula is C8H9N5. The minimum atomic E-state index is -0.243. The Hall–Kier alpha value is -1.75. The van der Waals surface area contributed by atoms with Gasteiger partial charge < -0.3 is 0 Å². The van der Waals surface area contributed by atoms with Crippen molar-refractivity contribution in [2.24, 2.45) is 21.1 Å². The highest BCUT2D eigenvalue weighted by Crippen LogP contribution is 2.22. The molecule has 0 saturated heterocycles. The molecule has 13 heavy (non-hydrogen) atoms. The van der Waals surface area contributed by atoms with Crippen molar-refractivity contribution in [2.75, 3.05) is 0 Å². The smallest absolute Gasteiger partial charge is 0.254 e. The molecule has 0 aromatic heterocycles. The first-order valence-electron chi connectivity index (χ1n) is 3.90. The van der Waals surface area contributed by atoms with Crippen LogP contribution in [0.1, 0.15) is 11.7 Å². The maximum atomic E-state index is 5.14. The van der Waals surface area contributed by atoms with Crippen molar-refractivity contribution in [3.05, 3.63) is 35.9 Å². The SMILES string of the molecule is NNC1=NC(c2ccccc2)N=N1. The highest BCUT2D eigenvalue weighted by atomic mass is 15.4. The largest absolute Gasteiger partial charge is 0.291 e. The van der Waals surface area contributed by atoms with Crippen LogP contribution in [0, 0.1) is 0 Å². The zero-order valence-corrected chi connectivity index (χ0v) is 6.88. The van der Waals surface area contributed by atoms with Gasteiger partial charge in [0.25, 0.3) is 5.96 Å². The van der Waals surface area contributed by atoms with E-state index in [4.69, 9.17) is 5.84 Å². The number of hydrogen-bond donors (Lipinski definition) is 2. The fraction of sp³-hybridized carbons (Fsp3) is 0.125. The van der Waals surface area contributed by atoms with Crippen molar-refractivity contribution in [2.45, 2.75) is 6.17 Å². The number of nitrogens with two attached hydrogens (primary N) is 1. The van der Waals surface area contributed by atoms with Crippen molar-refractivity contribution < 1.29 is 0 Å². The molecule has 1 aromatic carbocycles. The average Bonchev–Trinajstić information content (AvgIpc) is 2.67. The van der Waals surface area contributed by atoms with E-state index in [2.05, 4.69) is 20.6 Å². The fourth-order valence-corrected chi connectivity index (χ4v) is 1.11. The molecule has 1 atom stereocenters. The summed E-state index contributed by atoms with van der Waals surface area (Å²) >= 11 is 0. The summed E-state index contributed by atoms with van der Waals surface area (Å²) in [7, 11) is 0. The van der Waals surface area contributed by atoms with Gasteiger partial charge in [-0.15, -0.1) is 5.11 Å². The molecule has 0 saturated carbocycles. The van der Waals surface area contributed by atoms with Crippen LogP contribution in [0.2, 0.25) is 0 Å². The molecule has 1 heterocycles. The normalized spacial score (nSPS) is 20.1. The summed E-state index contributed by atoms with van der Waals surface area (Å²) in [6.45, 7) is 0. The number of nitrogens with one attached hydrogen (secondary N) is 1. The highest BCUT2D eigenvalue weighted by molar-refractivity contribution is 5.80. The van der Waals surface area contributed by atoms with Crippen LogP contribution < -0.4 is 11.3 Å². The van der Waals surface area contributed by atoms with Crippen LogP contribution in [0.3, 0.4) is 0 Å². The Labute approximate surface area is 75.4 Å². The Balaban J connectivity index is 2.22. The molecule has 1 unspecified atom stereocenters. The summed E-state index contributed by atoms with van der Waals surface area (Å²) in [6, 6.07) is 9.73. The minimum Gasteiger partial charge on any atom is -0.291 e. The van der Waals surface area contributed by atoms with Gasteiger partial charge in [0.2, 0.25) is 0 Å². The van der Waals surface area contributed by atoms with Crippen molar-refractivity contribution in [1.82, 2.24) is 5.43 Å². The number of benzene rings is 1. The second kappa shape index (κ2) is 3.32. The zero-order chi connectivity index (χ0) is 9.10. The van der Waals surface area contributed by atoms with Gasteiger partial charge in [-0.05, 0) is 0 Å². The average molecular weight is 175 g/mol. The number of guanidine groups is 1. The Kier molecular flexibility index (Phi) is 2.01. The monoisotopic (exact) mass is 175 g/mol. The first-order valence-corrected chi connectivity index (χ1v) is 3.90. The summed E-state index contributed by atoms with van der Waals surface area (Å²) in [4.78, 5) is 4.12. The number of hydrazine groups is 1.